The van der Waals surface area contributed by atoms with Crippen LogP contribution in [0.3, 0.4) is 0 Å². The molecule has 1 unspecified atom stereocenters. The zero-order valence-electron chi connectivity index (χ0n) is 8.18. The molecule has 0 N–H and O–H groups in total. The van der Waals surface area contributed by atoms with Crippen LogP contribution in [0.5, 0.6) is 0 Å². The van der Waals surface area contributed by atoms with E-state index in [0.29, 0.717) is 5.92 Å². The van der Waals surface area contributed by atoms with Gasteiger partial charge in [-0.15, -0.1) is 6.58 Å². The SMILES string of the molecule is C=CC(C)c1cccc(Cl)c1CC. The molecule has 70 valence electrons. The normalized spacial score (nSPS) is 12.5. The van der Waals surface area contributed by atoms with Crippen LogP contribution in [0.25, 0.3) is 0 Å². The third-order valence-electron chi connectivity index (χ3n) is 2.35. The second-order valence-corrected chi connectivity index (χ2v) is 3.59. The zero-order valence-corrected chi connectivity index (χ0v) is 8.93. The molecule has 0 aliphatic carbocycles. The topological polar surface area (TPSA) is 0 Å². The van der Waals surface area contributed by atoms with Gasteiger partial charge in [-0.3, -0.25) is 0 Å². The predicted octanol–water partition coefficient (Wildman–Crippen LogP) is 4.19. The fraction of sp³-hybridized carbons (Fsp3) is 0.333. The number of allylic oxidation sites excluding steroid dienone is 1. The quantitative estimate of drug-likeness (QED) is 0.633. The molecule has 0 saturated heterocycles. The molecule has 0 saturated carbocycles. The van der Waals surface area contributed by atoms with Crippen LogP contribution in [0.2, 0.25) is 5.02 Å². The first-order valence-corrected chi connectivity index (χ1v) is 4.98. The summed E-state index contributed by atoms with van der Waals surface area (Å²) in [5.41, 5.74) is 2.54. The summed E-state index contributed by atoms with van der Waals surface area (Å²) in [5.74, 6) is 0.383. The molecule has 0 amide bonds. The van der Waals surface area contributed by atoms with Gasteiger partial charge in [-0.1, -0.05) is 43.7 Å². The lowest BCUT2D eigenvalue weighted by Crippen LogP contribution is -1.96. The van der Waals surface area contributed by atoms with E-state index < -0.39 is 0 Å². The van der Waals surface area contributed by atoms with Crippen LogP contribution in [0.1, 0.15) is 30.9 Å². The van der Waals surface area contributed by atoms with Crippen LogP contribution in [-0.2, 0) is 6.42 Å². The number of halogens is 1. The number of hydrogen-bond acceptors (Lipinski definition) is 0. The fourth-order valence-electron chi connectivity index (χ4n) is 1.50. The maximum absolute atomic E-state index is 6.10. The van der Waals surface area contributed by atoms with Gasteiger partial charge in [0, 0.05) is 5.02 Å². The van der Waals surface area contributed by atoms with Crippen molar-refractivity contribution in [3.8, 4) is 0 Å². The van der Waals surface area contributed by atoms with Crippen LogP contribution < -0.4 is 0 Å². The number of hydrogen-bond donors (Lipinski definition) is 0. The lowest BCUT2D eigenvalue weighted by molar-refractivity contribution is 0.931. The maximum Gasteiger partial charge on any atom is 0.0440 e. The first-order chi connectivity index (χ1) is 6.20. The van der Waals surface area contributed by atoms with Gasteiger partial charge in [0.05, 0.1) is 0 Å². The third-order valence-corrected chi connectivity index (χ3v) is 2.71. The maximum atomic E-state index is 6.10. The van der Waals surface area contributed by atoms with Crippen molar-refractivity contribution in [2.75, 3.05) is 0 Å². The van der Waals surface area contributed by atoms with Crippen molar-refractivity contribution in [2.24, 2.45) is 0 Å². The lowest BCUT2D eigenvalue weighted by atomic mass is 9.94. The van der Waals surface area contributed by atoms with E-state index in [9.17, 15) is 0 Å². The van der Waals surface area contributed by atoms with Gasteiger partial charge in [-0.05, 0) is 29.5 Å². The van der Waals surface area contributed by atoms with Crippen molar-refractivity contribution in [3.05, 3.63) is 47.0 Å². The number of benzene rings is 1. The van der Waals surface area contributed by atoms with E-state index >= 15 is 0 Å². The molecular formula is C12H15Cl. The minimum absolute atomic E-state index is 0.383. The molecule has 1 aromatic carbocycles. The molecule has 0 nitrogen and oxygen atoms in total. The second-order valence-electron chi connectivity index (χ2n) is 3.19. The van der Waals surface area contributed by atoms with Crippen molar-refractivity contribution < 1.29 is 0 Å². The fourth-order valence-corrected chi connectivity index (χ4v) is 1.82. The van der Waals surface area contributed by atoms with Crippen molar-refractivity contribution >= 4 is 11.6 Å². The summed E-state index contributed by atoms with van der Waals surface area (Å²) in [4.78, 5) is 0. The molecule has 0 heterocycles. The molecule has 13 heavy (non-hydrogen) atoms. The monoisotopic (exact) mass is 194 g/mol. The summed E-state index contributed by atoms with van der Waals surface area (Å²) < 4.78 is 0. The van der Waals surface area contributed by atoms with E-state index in [1.165, 1.54) is 11.1 Å². The lowest BCUT2D eigenvalue weighted by Gasteiger charge is -2.13. The highest BCUT2D eigenvalue weighted by molar-refractivity contribution is 6.31. The largest absolute Gasteiger partial charge is 0.102 e. The zero-order chi connectivity index (χ0) is 9.84. The molecular weight excluding hydrogens is 180 g/mol. The molecule has 1 rings (SSSR count). The van der Waals surface area contributed by atoms with Crippen molar-refractivity contribution in [1.82, 2.24) is 0 Å². The summed E-state index contributed by atoms with van der Waals surface area (Å²) in [6.07, 6.45) is 2.93. The van der Waals surface area contributed by atoms with Crippen molar-refractivity contribution in [3.63, 3.8) is 0 Å². The summed E-state index contributed by atoms with van der Waals surface area (Å²) in [5, 5.41) is 0.869. The second kappa shape index (κ2) is 4.48. The van der Waals surface area contributed by atoms with E-state index in [1.807, 2.05) is 18.2 Å². The third kappa shape index (κ3) is 2.13. The first kappa shape index (κ1) is 10.3. The Kier molecular flexibility index (Phi) is 3.56. The van der Waals surface area contributed by atoms with E-state index in [4.69, 9.17) is 11.6 Å². The van der Waals surface area contributed by atoms with E-state index in [0.717, 1.165) is 11.4 Å². The van der Waals surface area contributed by atoms with E-state index in [-0.39, 0.29) is 0 Å². The Bertz CT molecular complexity index is 302. The first-order valence-electron chi connectivity index (χ1n) is 4.60. The Balaban J connectivity index is 3.19. The van der Waals surface area contributed by atoms with Crippen LogP contribution in [0.4, 0.5) is 0 Å². The van der Waals surface area contributed by atoms with Gasteiger partial charge >= 0.3 is 0 Å². The molecule has 0 aliphatic rings. The van der Waals surface area contributed by atoms with Gasteiger partial charge in [-0.25, -0.2) is 0 Å². The molecule has 0 radical (unpaired) electrons. The minimum atomic E-state index is 0.383. The van der Waals surface area contributed by atoms with Crippen LogP contribution in [0.15, 0.2) is 30.9 Å². The predicted molar refractivity (Wildman–Crippen MR) is 59.4 cm³/mol. The van der Waals surface area contributed by atoms with Crippen molar-refractivity contribution in [1.29, 1.82) is 0 Å². The van der Waals surface area contributed by atoms with Gasteiger partial charge in [-0.2, -0.15) is 0 Å². The van der Waals surface area contributed by atoms with Gasteiger partial charge in [0.2, 0.25) is 0 Å². The molecule has 1 heteroatoms. The Morgan fingerprint density at radius 1 is 1.54 bits per heavy atom. The molecule has 0 aliphatic heterocycles. The van der Waals surface area contributed by atoms with Crippen LogP contribution in [-0.4, -0.2) is 0 Å². The molecule has 0 aromatic heterocycles. The average Bonchev–Trinajstić information content (AvgIpc) is 2.16. The van der Waals surface area contributed by atoms with Gasteiger partial charge in [0.1, 0.15) is 0 Å². The molecule has 0 bridgehead atoms. The Labute approximate surface area is 85.2 Å². The highest BCUT2D eigenvalue weighted by Crippen LogP contribution is 2.27. The average molecular weight is 195 g/mol. The highest BCUT2D eigenvalue weighted by Gasteiger charge is 2.08. The Hall–Kier alpha value is -0.750. The van der Waals surface area contributed by atoms with Crippen molar-refractivity contribution in [2.45, 2.75) is 26.2 Å². The van der Waals surface area contributed by atoms with Crippen LogP contribution >= 0.6 is 11.6 Å². The highest BCUT2D eigenvalue weighted by atomic mass is 35.5. The Morgan fingerprint density at radius 3 is 2.77 bits per heavy atom. The van der Waals surface area contributed by atoms with Crippen LogP contribution in [0, 0.1) is 0 Å². The summed E-state index contributed by atoms with van der Waals surface area (Å²) in [6.45, 7) is 8.06. The molecule has 0 fully saturated rings. The molecule has 1 aromatic rings. The summed E-state index contributed by atoms with van der Waals surface area (Å²) >= 11 is 6.10. The Morgan fingerprint density at radius 2 is 2.23 bits per heavy atom. The molecule has 0 spiro atoms. The van der Waals surface area contributed by atoms with E-state index in [2.05, 4.69) is 26.5 Å². The number of rotatable bonds is 3. The molecule has 1 atom stereocenters. The van der Waals surface area contributed by atoms with Gasteiger partial charge in [0.15, 0.2) is 0 Å². The van der Waals surface area contributed by atoms with Gasteiger partial charge in [0.25, 0.3) is 0 Å². The van der Waals surface area contributed by atoms with Gasteiger partial charge < -0.3 is 0 Å². The minimum Gasteiger partial charge on any atom is -0.102 e. The summed E-state index contributed by atoms with van der Waals surface area (Å²) in [6, 6.07) is 6.06. The van der Waals surface area contributed by atoms with E-state index in [1.54, 1.807) is 0 Å². The standard InChI is InChI=1S/C12H15Cl/c1-4-9(3)11-7-6-8-12(13)10(11)5-2/h4,6-9H,1,5H2,2-3H3. The summed E-state index contributed by atoms with van der Waals surface area (Å²) in [7, 11) is 0. The smallest absolute Gasteiger partial charge is 0.0440 e.